The maximum atomic E-state index is 13.8. The zero-order chi connectivity index (χ0) is 29.3. The number of hydrogen-bond acceptors (Lipinski definition) is 7. The van der Waals surface area contributed by atoms with E-state index in [-0.39, 0.29) is 18.0 Å². The minimum Gasteiger partial charge on any atom is -0.444 e. The molecular formula is C30H38ClN7O3. The molecule has 5 rings (SSSR count). The predicted molar refractivity (Wildman–Crippen MR) is 160 cm³/mol. The van der Waals surface area contributed by atoms with E-state index in [2.05, 4.69) is 21.9 Å². The van der Waals surface area contributed by atoms with Gasteiger partial charge in [0.1, 0.15) is 11.4 Å². The smallest absolute Gasteiger partial charge is 0.407 e. The molecule has 2 atom stereocenters. The van der Waals surface area contributed by atoms with Crippen molar-refractivity contribution in [1.82, 2.24) is 24.8 Å². The highest BCUT2D eigenvalue weighted by Gasteiger charge is 2.33. The topological polar surface area (TPSA) is 104 Å². The summed E-state index contributed by atoms with van der Waals surface area (Å²) in [7, 11) is 0. The second-order valence-electron chi connectivity index (χ2n) is 11.9. The Morgan fingerprint density at radius 1 is 1.20 bits per heavy atom. The molecule has 3 aromatic rings. The monoisotopic (exact) mass is 579 g/mol. The Balaban J connectivity index is 1.36. The van der Waals surface area contributed by atoms with Crippen molar-refractivity contribution in [2.24, 2.45) is 4.99 Å². The van der Waals surface area contributed by atoms with Gasteiger partial charge in [-0.1, -0.05) is 17.7 Å². The molecule has 0 bridgehead atoms. The molecule has 0 saturated carbocycles. The Morgan fingerprint density at radius 2 is 2.00 bits per heavy atom. The number of fused-ring (bicyclic) bond motifs is 1. The van der Waals surface area contributed by atoms with Crippen molar-refractivity contribution in [3.05, 3.63) is 57.9 Å². The van der Waals surface area contributed by atoms with Gasteiger partial charge in [0, 0.05) is 48.0 Å². The standard InChI is InChI=1S/C30H38ClN7O3/c1-19-17-38-26(34-27(19)36-13-11-22(18-36)33-29(40)41-30(2,3)4)15-24(35-38)25-8-6-7-12-37(25)28(39)23-14-21(31)10-9-20(23)16-32-5/h9-10,14-15,17,22,25H,5-8,11-13,16,18H2,1-4H3,(H,33,40)/t22-,25-/m0/s1. The van der Waals surface area contributed by atoms with Crippen LogP contribution in [0.2, 0.25) is 5.02 Å². The number of alkyl carbamates (subject to hydrolysis) is 1. The quantitative estimate of drug-likeness (QED) is 0.394. The van der Waals surface area contributed by atoms with Gasteiger partial charge < -0.3 is 19.9 Å². The number of ether oxygens (including phenoxy) is 1. The van der Waals surface area contributed by atoms with Crippen LogP contribution in [0.4, 0.5) is 10.6 Å². The maximum Gasteiger partial charge on any atom is 0.407 e. The van der Waals surface area contributed by atoms with Crippen LogP contribution in [0.25, 0.3) is 5.65 Å². The number of rotatable bonds is 6. The van der Waals surface area contributed by atoms with Crippen molar-refractivity contribution in [3.63, 3.8) is 0 Å². The number of aliphatic imine (C=N–C) groups is 1. The average Bonchev–Trinajstić information content (AvgIpc) is 3.54. The highest BCUT2D eigenvalue weighted by molar-refractivity contribution is 6.31. The first-order chi connectivity index (χ1) is 19.5. The Bertz CT molecular complexity index is 1460. The summed E-state index contributed by atoms with van der Waals surface area (Å²) in [4.78, 5) is 39.1. The molecule has 0 unspecified atom stereocenters. The third-order valence-corrected chi connectivity index (χ3v) is 7.76. The molecule has 1 aromatic carbocycles. The Kier molecular flexibility index (Phi) is 8.22. The summed E-state index contributed by atoms with van der Waals surface area (Å²) in [5, 5.41) is 8.36. The van der Waals surface area contributed by atoms with Crippen LogP contribution in [-0.2, 0) is 11.3 Å². The summed E-state index contributed by atoms with van der Waals surface area (Å²) in [5.74, 6) is 0.799. The molecule has 2 amide bonds. The molecule has 1 N–H and O–H groups in total. The lowest BCUT2D eigenvalue weighted by Crippen LogP contribution is -2.40. The number of nitrogens with zero attached hydrogens (tertiary/aromatic N) is 6. The third-order valence-electron chi connectivity index (χ3n) is 7.52. The highest BCUT2D eigenvalue weighted by atomic mass is 35.5. The number of piperidine rings is 1. The molecule has 0 spiro atoms. The molecule has 2 fully saturated rings. The molecule has 2 aliphatic rings. The second-order valence-corrected chi connectivity index (χ2v) is 12.3. The van der Waals surface area contributed by atoms with Crippen molar-refractivity contribution >= 4 is 41.8 Å². The SMILES string of the molecule is C=NCc1ccc(Cl)cc1C(=O)N1CCCC[C@H]1c1cc2nc(N3CC[C@H](NC(=O)OC(C)(C)C)C3)c(C)cn2n1. The fourth-order valence-electron chi connectivity index (χ4n) is 5.69. The summed E-state index contributed by atoms with van der Waals surface area (Å²) in [6.07, 6.45) is 5.15. The lowest BCUT2D eigenvalue weighted by atomic mass is 9.97. The number of aromatic nitrogens is 3. The molecule has 11 heteroatoms. The van der Waals surface area contributed by atoms with Crippen LogP contribution < -0.4 is 10.2 Å². The maximum absolute atomic E-state index is 13.8. The number of benzene rings is 1. The van der Waals surface area contributed by atoms with Gasteiger partial charge in [-0.25, -0.2) is 14.3 Å². The second kappa shape index (κ2) is 11.7. The van der Waals surface area contributed by atoms with Gasteiger partial charge in [-0.15, -0.1) is 0 Å². The van der Waals surface area contributed by atoms with E-state index in [4.69, 9.17) is 26.4 Å². The third kappa shape index (κ3) is 6.48. The molecule has 218 valence electrons. The van der Waals surface area contributed by atoms with Gasteiger partial charge in [0.05, 0.1) is 24.3 Å². The van der Waals surface area contributed by atoms with E-state index in [0.717, 1.165) is 60.5 Å². The highest BCUT2D eigenvalue weighted by Crippen LogP contribution is 2.34. The largest absolute Gasteiger partial charge is 0.444 e. The Morgan fingerprint density at radius 3 is 2.76 bits per heavy atom. The van der Waals surface area contributed by atoms with Crippen LogP contribution in [-0.4, -0.2) is 69.5 Å². The fraction of sp³-hybridized carbons (Fsp3) is 0.500. The van der Waals surface area contributed by atoms with Gasteiger partial charge in [0.2, 0.25) is 0 Å². The first-order valence-corrected chi connectivity index (χ1v) is 14.5. The van der Waals surface area contributed by atoms with E-state index < -0.39 is 11.7 Å². The normalized spacial score (nSPS) is 19.4. The van der Waals surface area contributed by atoms with E-state index in [0.29, 0.717) is 30.2 Å². The number of likely N-dealkylation sites (tertiary alicyclic amines) is 1. The van der Waals surface area contributed by atoms with Crippen LogP contribution in [0.15, 0.2) is 35.5 Å². The Hall–Kier alpha value is -3.66. The first-order valence-electron chi connectivity index (χ1n) is 14.2. The lowest BCUT2D eigenvalue weighted by Gasteiger charge is -2.35. The summed E-state index contributed by atoms with van der Waals surface area (Å²) < 4.78 is 7.22. The molecule has 2 aromatic heterocycles. The van der Waals surface area contributed by atoms with E-state index >= 15 is 0 Å². The molecule has 10 nitrogen and oxygen atoms in total. The van der Waals surface area contributed by atoms with Gasteiger partial charge in [-0.3, -0.25) is 9.79 Å². The van der Waals surface area contributed by atoms with Crippen molar-refractivity contribution in [1.29, 1.82) is 0 Å². The van der Waals surface area contributed by atoms with E-state index in [1.54, 1.807) is 16.6 Å². The summed E-state index contributed by atoms with van der Waals surface area (Å²) in [6.45, 7) is 13.6. The number of aryl methyl sites for hydroxylation is 1. The predicted octanol–water partition coefficient (Wildman–Crippen LogP) is 5.36. The van der Waals surface area contributed by atoms with Crippen molar-refractivity contribution < 1.29 is 14.3 Å². The number of carbonyl (C=O) groups excluding carboxylic acids is 2. The van der Waals surface area contributed by atoms with Crippen LogP contribution in [0.5, 0.6) is 0 Å². The van der Waals surface area contributed by atoms with Crippen LogP contribution in [0.3, 0.4) is 0 Å². The molecular weight excluding hydrogens is 542 g/mol. The van der Waals surface area contributed by atoms with Crippen molar-refractivity contribution in [2.75, 3.05) is 24.5 Å². The number of halogens is 1. The zero-order valence-electron chi connectivity index (χ0n) is 24.2. The fourth-order valence-corrected chi connectivity index (χ4v) is 5.86. The van der Waals surface area contributed by atoms with Gasteiger partial charge in [0.25, 0.3) is 5.91 Å². The summed E-state index contributed by atoms with van der Waals surface area (Å²) in [6, 6.07) is 7.13. The zero-order valence-corrected chi connectivity index (χ0v) is 24.9. The minimum absolute atomic E-state index is 0.0165. The number of anilines is 1. The van der Waals surface area contributed by atoms with Gasteiger partial charge >= 0.3 is 6.09 Å². The Labute approximate surface area is 245 Å². The summed E-state index contributed by atoms with van der Waals surface area (Å²) >= 11 is 6.28. The number of amides is 2. The van der Waals surface area contributed by atoms with Crippen molar-refractivity contribution in [3.8, 4) is 0 Å². The molecule has 4 heterocycles. The minimum atomic E-state index is -0.539. The molecule has 0 aliphatic carbocycles. The van der Waals surface area contributed by atoms with E-state index in [1.165, 1.54) is 0 Å². The molecule has 2 saturated heterocycles. The number of carbonyl (C=O) groups is 2. The van der Waals surface area contributed by atoms with Gasteiger partial charge in [-0.05, 0) is 77.8 Å². The van der Waals surface area contributed by atoms with Crippen LogP contribution >= 0.6 is 11.6 Å². The molecule has 2 aliphatic heterocycles. The van der Waals surface area contributed by atoms with E-state index in [9.17, 15) is 9.59 Å². The average molecular weight is 580 g/mol. The van der Waals surface area contributed by atoms with Crippen LogP contribution in [0, 0.1) is 6.92 Å². The van der Waals surface area contributed by atoms with Crippen LogP contribution in [0.1, 0.15) is 79.7 Å². The molecule has 0 radical (unpaired) electrons. The van der Waals surface area contributed by atoms with Gasteiger partial charge in [0.15, 0.2) is 5.65 Å². The number of hydrogen-bond donors (Lipinski definition) is 1. The lowest BCUT2D eigenvalue weighted by molar-refractivity contribution is 0.0508. The van der Waals surface area contributed by atoms with E-state index in [1.807, 2.05) is 50.9 Å². The first kappa shape index (κ1) is 28.9. The van der Waals surface area contributed by atoms with Crippen molar-refractivity contribution in [2.45, 2.75) is 77.6 Å². The molecule has 41 heavy (non-hydrogen) atoms. The summed E-state index contributed by atoms with van der Waals surface area (Å²) in [5.41, 5.74) is 3.35. The van der Waals surface area contributed by atoms with Gasteiger partial charge in [-0.2, -0.15) is 5.10 Å². The number of nitrogens with one attached hydrogen (secondary N) is 1.